The predicted molar refractivity (Wildman–Crippen MR) is 138 cm³/mol. The van der Waals surface area contributed by atoms with E-state index in [-0.39, 0.29) is 24.0 Å². The molecule has 166 valence electrons. The fourth-order valence-corrected chi connectivity index (χ4v) is 3.81. The van der Waals surface area contributed by atoms with E-state index >= 15 is 0 Å². The molecule has 0 saturated carbocycles. The van der Waals surface area contributed by atoms with Crippen molar-refractivity contribution in [3.63, 3.8) is 0 Å². The molecule has 3 rings (SSSR count). The van der Waals surface area contributed by atoms with E-state index in [4.69, 9.17) is 14.2 Å². The summed E-state index contributed by atoms with van der Waals surface area (Å²) in [4.78, 5) is 5.54. The number of hydrogen-bond acceptors (Lipinski definition) is 5. The maximum atomic E-state index is 5.36. The van der Waals surface area contributed by atoms with E-state index in [0.29, 0.717) is 24.6 Å². The second-order valence-electron chi connectivity index (χ2n) is 6.50. The Hall–Kier alpha value is -2.46. The molecule has 3 aromatic rings. The summed E-state index contributed by atoms with van der Waals surface area (Å²) in [7, 11) is 6.71. The number of methoxy groups -OCH3 is 3. The van der Waals surface area contributed by atoms with Crippen molar-refractivity contribution in [2.24, 2.45) is 4.99 Å². The number of aliphatic imine (C=N–C) groups is 1. The fourth-order valence-electron chi connectivity index (χ4n) is 2.98. The number of ether oxygens (including phenoxy) is 3. The Labute approximate surface area is 204 Å². The fraction of sp³-hybridized carbons (Fsp3) is 0.261. The van der Waals surface area contributed by atoms with Crippen LogP contribution in [-0.4, -0.2) is 34.3 Å². The molecule has 0 spiro atoms. The number of guanidine groups is 1. The van der Waals surface area contributed by atoms with E-state index in [1.807, 2.05) is 30.3 Å². The van der Waals surface area contributed by atoms with Crippen molar-refractivity contribution >= 4 is 41.3 Å². The highest BCUT2D eigenvalue weighted by molar-refractivity contribution is 14.0. The minimum absolute atomic E-state index is 0. The predicted octanol–water partition coefficient (Wildman–Crippen LogP) is 4.92. The molecule has 31 heavy (non-hydrogen) atoms. The quantitative estimate of drug-likeness (QED) is 0.236. The molecular weight excluding hydrogens is 525 g/mol. The Bertz CT molecular complexity index is 990. The molecule has 0 amide bonds. The molecule has 0 atom stereocenters. The van der Waals surface area contributed by atoms with Gasteiger partial charge in [0, 0.05) is 18.5 Å². The normalized spacial score (nSPS) is 10.8. The molecule has 1 aromatic heterocycles. The molecular formula is C23H28IN3O3S. The van der Waals surface area contributed by atoms with Crippen molar-refractivity contribution in [2.75, 3.05) is 28.4 Å². The minimum atomic E-state index is 0. The lowest BCUT2D eigenvalue weighted by atomic mass is 10.1. The minimum Gasteiger partial charge on any atom is -0.497 e. The molecule has 1 heterocycles. The zero-order chi connectivity index (χ0) is 21.3. The van der Waals surface area contributed by atoms with Gasteiger partial charge in [0.1, 0.15) is 5.75 Å². The molecule has 0 radical (unpaired) electrons. The van der Waals surface area contributed by atoms with Gasteiger partial charge in [0.05, 0.1) is 27.9 Å². The summed E-state index contributed by atoms with van der Waals surface area (Å²) in [5.74, 6) is 3.03. The van der Waals surface area contributed by atoms with Crippen molar-refractivity contribution in [3.05, 3.63) is 64.4 Å². The van der Waals surface area contributed by atoms with Gasteiger partial charge in [0.2, 0.25) is 0 Å². The second kappa shape index (κ2) is 12.4. The van der Waals surface area contributed by atoms with Crippen LogP contribution in [-0.2, 0) is 13.1 Å². The van der Waals surface area contributed by atoms with Gasteiger partial charge in [-0.05, 0) is 52.4 Å². The third kappa shape index (κ3) is 6.76. The number of thiophene rings is 1. The Kier molecular flexibility index (Phi) is 9.93. The van der Waals surface area contributed by atoms with Crippen LogP contribution in [0.4, 0.5) is 0 Å². The Morgan fingerprint density at radius 3 is 2.19 bits per heavy atom. The van der Waals surface area contributed by atoms with Crippen LogP contribution in [0.5, 0.6) is 17.2 Å². The van der Waals surface area contributed by atoms with Crippen LogP contribution in [0, 0.1) is 0 Å². The lowest BCUT2D eigenvalue weighted by Gasteiger charge is -2.13. The van der Waals surface area contributed by atoms with Gasteiger partial charge in [0.25, 0.3) is 0 Å². The summed E-state index contributed by atoms with van der Waals surface area (Å²) >= 11 is 1.72. The molecule has 0 unspecified atom stereocenters. The molecule has 2 N–H and O–H groups in total. The first-order valence-electron chi connectivity index (χ1n) is 9.54. The van der Waals surface area contributed by atoms with Crippen molar-refractivity contribution in [3.8, 4) is 28.4 Å². The van der Waals surface area contributed by atoms with E-state index in [2.05, 4.69) is 39.2 Å². The van der Waals surface area contributed by atoms with Crippen molar-refractivity contribution in [1.82, 2.24) is 10.6 Å². The summed E-state index contributed by atoms with van der Waals surface area (Å²) in [6, 6.07) is 16.2. The van der Waals surface area contributed by atoms with Crippen LogP contribution in [0.25, 0.3) is 11.1 Å². The van der Waals surface area contributed by atoms with Gasteiger partial charge in [-0.25, -0.2) is 0 Å². The van der Waals surface area contributed by atoms with Crippen LogP contribution < -0.4 is 24.8 Å². The van der Waals surface area contributed by atoms with Crippen LogP contribution >= 0.6 is 35.3 Å². The van der Waals surface area contributed by atoms with Gasteiger partial charge in [-0.3, -0.25) is 4.99 Å². The zero-order valence-electron chi connectivity index (χ0n) is 18.1. The maximum absolute atomic E-state index is 5.36. The molecule has 2 aromatic carbocycles. The standard InChI is InChI=1S/C23H27N3O3S.HI/c1-24-23(25-13-16-5-10-21(28-3)22(11-16)29-4)26-14-20-12-18(15-30-20)17-6-8-19(27-2)9-7-17;/h5-12,15H,13-14H2,1-4H3,(H2,24,25,26);1H. The first kappa shape index (κ1) is 24.8. The highest BCUT2D eigenvalue weighted by Crippen LogP contribution is 2.28. The summed E-state index contributed by atoms with van der Waals surface area (Å²) in [5, 5.41) is 8.86. The number of benzene rings is 2. The molecule has 0 aliphatic rings. The Morgan fingerprint density at radius 2 is 1.55 bits per heavy atom. The summed E-state index contributed by atoms with van der Waals surface area (Å²) in [6.45, 7) is 1.33. The third-order valence-electron chi connectivity index (χ3n) is 4.64. The maximum Gasteiger partial charge on any atom is 0.191 e. The molecule has 8 heteroatoms. The SMILES string of the molecule is CN=C(NCc1ccc(OC)c(OC)c1)NCc1cc(-c2ccc(OC)cc2)cs1.I. The van der Waals surface area contributed by atoms with Gasteiger partial charge in [0.15, 0.2) is 17.5 Å². The number of hydrogen-bond donors (Lipinski definition) is 2. The van der Waals surface area contributed by atoms with Crippen LogP contribution in [0.3, 0.4) is 0 Å². The van der Waals surface area contributed by atoms with Gasteiger partial charge >= 0.3 is 0 Å². The summed E-state index contributed by atoms with van der Waals surface area (Å²) in [5.41, 5.74) is 3.45. The smallest absolute Gasteiger partial charge is 0.191 e. The van der Waals surface area contributed by atoms with E-state index in [1.54, 1.807) is 39.7 Å². The first-order chi connectivity index (χ1) is 14.7. The van der Waals surface area contributed by atoms with Gasteiger partial charge in [-0.15, -0.1) is 35.3 Å². The molecule has 0 bridgehead atoms. The topological polar surface area (TPSA) is 64.1 Å². The van der Waals surface area contributed by atoms with Crippen LogP contribution in [0.15, 0.2) is 58.9 Å². The number of rotatable bonds is 8. The molecule has 0 fully saturated rings. The lowest BCUT2D eigenvalue weighted by molar-refractivity contribution is 0.354. The average molecular weight is 553 g/mol. The van der Waals surface area contributed by atoms with Crippen molar-refractivity contribution in [1.29, 1.82) is 0 Å². The third-order valence-corrected chi connectivity index (χ3v) is 5.58. The summed E-state index contributed by atoms with van der Waals surface area (Å²) < 4.78 is 15.9. The molecule has 6 nitrogen and oxygen atoms in total. The number of nitrogens with one attached hydrogen (secondary N) is 2. The second-order valence-corrected chi connectivity index (χ2v) is 7.49. The number of nitrogens with zero attached hydrogens (tertiary/aromatic N) is 1. The van der Waals surface area contributed by atoms with E-state index in [1.165, 1.54) is 16.0 Å². The van der Waals surface area contributed by atoms with Crippen LogP contribution in [0.2, 0.25) is 0 Å². The first-order valence-corrected chi connectivity index (χ1v) is 10.4. The van der Waals surface area contributed by atoms with E-state index < -0.39 is 0 Å². The molecule has 0 aliphatic carbocycles. The highest BCUT2D eigenvalue weighted by atomic mass is 127. The molecule has 0 saturated heterocycles. The van der Waals surface area contributed by atoms with E-state index in [9.17, 15) is 0 Å². The summed E-state index contributed by atoms with van der Waals surface area (Å²) in [6.07, 6.45) is 0. The van der Waals surface area contributed by atoms with Gasteiger partial charge < -0.3 is 24.8 Å². The average Bonchev–Trinajstić information content (AvgIpc) is 3.28. The van der Waals surface area contributed by atoms with Crippen LogP contribution in [0.1, 0.15) is 10.4 Å². The Balaban J connectivity index is 0.00000341. The van der Waals surface area contributed by atoms with Crippen molar-refractivity contribution in [2.45, 2.75) is 13.1 Å². The monoisotopic (exact) mass is 553 g/mol. The zero-order valence-corrected chi connectivity index (χ0v) is 21.2. The lowest BCUT2D eigenvalue weighted by Crippen LogP contribution is -2.36. The van der Waals surface area contributed by atoms with Crippen molar-refractivity contribution < 1.29 is 14.2 Å². The molecule has 0 aliphatic heterocycles. The van der Waals surface area contributed by atoms with Gasteiger partial charge in [-0.2, -0.15) is 0 Å². The van der Waals surface area contributed by atoms with E-state index in [0.717, 1.165) is 17.3 Å². The van der Waals surface area contributed by atoms with Gasteiger partial charge in [-0.1, -0.05) is 18.2 Å². The Morgan fingerprint density at radius 1 is 0.839 bits per heavy atom. The largest absolute Gasteiger partial charge is 0.497 e. The highest BCUT2D eigenvalue weighted by Gasteiger charge is 2.07. The number of halogens is 1.